The Bertz CT molecular complexity index is 1010. The Morgan fingerprint density at radius 3 is 2.81 bits per heavy atom. The molecule has 7 heteroatoms. The van der Waals surface area contributed by atoms with Crippen LogP contribution in [-0.4, -0.2) is 34.3 Å². The molecular formula is C24H33IN6. The van der Waals surface area contributed by atoms with Gasteiger partial charge in [-0.3, -0.25) is 4.99 Å². The second-order valence-electron chi connectivity index (χ2n) is 8.03. The molecule has 0 saturated heterocycles. The van der Waals surface area contributed by atoms with Gasteiger partial charge in [-0.25, -0.2) is 0 Å². The Balaban J connectivity index is 0.00000272. The molecule has 4 rings (SSSR count). The number of hydrogen-bond donors (Lipinski definition) is 2. The molecule has 0 amide bonds. The van der Waals surface area contributed by atoms with E-state index in [1.807, 2.05) is 7.05 Å². The summed E-state index contributed by atoms with van der Waals surface area (Å²) < 4.78 is 2.34. The SMILES string of the molecule is CN=C(NCCCc1nnc2n1CCCCC2)NC(C)c1cccc2ccccc12.I. The fourth-order valence-corrected chi connectivity index (χ4v) is 4.29. The van der Waals surface area contributed by atoms with Gasteiger partial charge in [0.15, 0.2) is 5.96 Å². The van der Waals surface area contributed by atoms with E-state index in [9.17, 15) is 0 Å². The third kappa shape index (κ3) is 5.75. The molecule has 0 aliphatic carbocycles. The van der Waals surface area contributed by atoms with E-state index in [0.29, 0.717) is 0 Å². The van der Waals surface area contributed by atoms with Gasteiger partial charge in [-0.1, -0.05) is 48.9 Å². The second-order valence-corrected chi connectivity index (χ2v) is 8.03. The number of aliphatic imine (C=N–C) groups is 1. The van der Waals surface area contributed by atoms with Crippen LogP contribution >= 0.6 is 24.0 Å². The zero-order valence-electron chi connectivity index (χ0n) is 18.5. The number of guanidine groups is 1. The molecule has 1 aliphatic rings. The summed E-state index contributed by atoms with van der Waals surface area (Å²) in [7, 11) is 1.82. The van der Waals surface area contributed by atoms with Crippen LogP contribution in [-0.2, 0) is 19.4 Å². The number of aromatic nitrogens is 3. The molecule has 2 heterocycles. The maximum atomic E-state index is 4.43. The number of benzene rings is 2. The van der Waals surface area contributed by atoms with Crippen molar-refractivity contribution < 1.29 is 0 Å². The highest BCUT2D eigenvalue weighted by atomic mass is 127. The molecule has 31 heavy (non-hydrogen) atoms. The number of halogens is 1. The lowest BCUT2D eigenvalue weighted by Crippen LogP contribution is -2.39. The van der Waals surface area contributed by atoms with Crippen LogP contribution in [0.4, 0.5) is 0 Å². The summed E-state index contributed by atoms with van der Waals surface area (Å²) in [5.41, 5.74) is 1.28. The first-order valence-electron chi connectivity index (χ1n) is 11.1. The van der Waals surface area contributed by atoms with Crippen molar-refractivity contribution in [3.8, 4) is 0 Å². The van der Waals surface area contributed by atoms with Gasteiger partial charge in [0.25, 0.3) is 0 Å². The van der Waals surface area contributed by atoms with E-state index < -0.39 is 0 Å². The number of nitrogens with one attached hydrogen (secondary N) is 2. The van der Waals surface area contributed by atoms with Gasteiger partial charge in [-0.15, -0.1) is 34.2 Å². The highest BCUT2D eigenvalue weighted by Gasteiger charge is 2.14. The summed E-state index contributed by atoms with van der Waals surface area (Å²) in [5.74, 6) is 3.12. The van der Waals surface area contributed by atoms with E-state index in [0.717, 1.165) is 50.0 Å². The summed E-state index contributed by atoms with van der Waals surface area (Å²) in [6.07, 6.45) is 6.77. The highest BCUT2D eigenvalue weighted by Crippen LogP contribution is 2.24. The molecule has 3 aromatic rings. The number of aryl methyl sites for hydroxylation is 2. The van der Waals surface area contributed by atoms with E-state index >= 15 is 0 Å². The Morgan fingerprint density at radius 2 is 1.94 bits per heavy atom. The van der Waals surface area contributed by atoms with Crippen molar-refractivity contribution in [1.29, 1.82) is 0 Å². The van der Waals surface area contributed by atoms with Crippen molar-refractivity contribution in [2.75, 3.05) is 13.6 Å². The molecule has 1 atom stereocenters. The predicted octanol–water partition coefficient (Wildman–Crippen LogP) is 4.63. The van der Waals surface area contributed by atoms with Crippen LogP contribution in [0.25, 0.3) is 10.8 Å². The fraction of sp³-hybridized carbons (Fsp3) is 0.458. The van der Waals surface area contributed by atoms with E-state index in [2.05, 4.69) is 79.8 Å². The van der Waals surface area contributed by atoms with E-state index in [1.54, 1.807) is 0 Å². The molecule has 0 saturated carbocycles. The van der Waals surface area contributed by atoms with Crippen LogP contribution in [0, 0.1) is 0 Å². The van der Waals surface area contributed by atoms with Crippen molar-refractivity contribution in [3.05, 3.63) is 59.7 Å². The molecule has 1 aliphatic heterocycles. The third-order valence-electron chi connectivity index (χ3n) is 5.92. The van der Waals surface area contributed by atoms with Crippen LogP contribution in [0.5, 0.6) is 0 Å². The minimum Gasteiger partial charge on any atom is -0.356 e. The van der Waals surface area contributed by atoms with E-state index in [-0.39, 0.29) is 30.0 Å². The number of nitrogens with zero attached hydrogens (tertiary/aromatic N) is 4. The Kier molecular flexibility index (Phi) is 8.69. The van der Waals surface area contributed by atoms with Gasteiger partial charge in [0, 0.05) is 33.0 Å². The van der Waals surface area contributed by atoms with E-state index in [1.165, 1.54) is 35.6 Å². The second kappa shape index (κ2) is 11.5. The van der Waals surface area contributed by atoms with Crippen molar-refractivity contribution >= 4 is 40.7 Å². The normalized spacial score (nSPS) is 15.0. The molecule has 0 bridgehead atoms. The zero-order valence-corrected chi connectivity index (χ0v) is 20.8. The quantitative estimate of drug-likeness (QED) is 0.210. The Morgan fingerprint density at radius 1 is 1.10 bits per heavy atom. The molecular weight excluding hydrogens is 499 g/mol. The summed E-state index contributed by atoms with van der Waals surface area (Å²) >= 11 is 0. The lowest BCUT2D eigenvalue weighted by molar-refractivity contribution is 0.592. The lowest BCUT2D eigenvalue weighted by atomic mass is 10.00. The van der Waals surface area contributed by atoms with Gasteiger partial charge in [-0.2, -0.15) is 0 Å². The number of fused-ring (bicyclic) bond motifs is 2. The van der Waals surface area contributed by atoms with Crippen LogP contribution < -0.4 is 10.6 Å². The molecule has 2 aromatic carbocycles. The summed E-state index contributed by atoms with van der Waals surface area (Å²) in [4.78, 5) is 4.41. The van der Waals surface area contributed by atoms with Gasteiger partial charge in [-0.05, 0) is 42.5 Å². The van der Waals surface area contributed by atoms with Gasteiger partial charge < -0.3 is 15.2 Å². The standard InChI is InChI=1S/C24H32N6.HI/c1-18(20-13-8-11-19-10-5-6-12-21(19)20)27-24(25-2)26-16-9-15-23-29-28-22-14-4-3-7-17-30(22)23;/h5-6,8,10-13,18H,3-4,7,9,14-17H2,1-2H3,(H2,25,26,27);1H. The fourth-order valence-electron chi connectivity index (χ4n) is 4.29. The smallest absolute Gasteiger partial charge is 0.191 e. The molecule has 0 spiro atoms. The molecule has 166 valence electrons. The Hall–Kier alpha value is -2.16. The first-order valence-corrected chi connectivity index (χ1v) is 11.1. The number of rotatable bonds is 6. The molecule has 0 radical (unpaired) electrons. The molecule has 2 N–H and O–H groups in total. The van der Waals surface area contributed by atoms with Gasteiger partial charge in [0.2, 0.25) is 0 Å². The molecule has 1 unspecified atom stereocenters. The topological polar surface area (TPSA) is 67.1 Å². The Labute approximate surface area is 202 Å². The average Bonchev–Trinajstić information content (AvgIpc) is 3.00. The maximum Gasteiger partial charge on any atom is 0.191 e. The lowest BCUT2D eigenvalue weighted by Gasteiger charge is -2.20. The first-order chi connectivity index (χ1) is 14.8. The minimum absolute atomic E-state index is 0. The zero-order chi connectivity index (χ0) is 20.8. The number of hydrogen-bond acceptors (Lipinski definition) is 3. The van der Waals surface area contributed by atoms with Crippen LogP contribution in [0.15, 0.2) is 47.5 Å². The molecule has 6 nitrogen and oxygen atoms in total. The van der Waals surface area contributed by atoms with Crippen LogP contribution in [0.2, 0.25) is 0 Å². The third-order valence-corrected chi connectivity index (χ3v) is 5.92. The maximum absolute atomic E-state index is 4.43. The van der Waals surface area contributed by atoms with Crippen molar-refractivity contribution in [2.45, 2.75) is 58.0 Å². The van der Waals surface area contributed by atoms with Crippen molar-refractivity contribution in [2.24, 2.45) is 4.99 Å². The summed E-state index contributed by atoms with van der Waals surface area (Å²) in [6, 6.07) is 15.1. The van der Waals surface area contributed by atoms with Crippen LogP contribution in [0.3, 0.4) is 0 Å². The van der Waals surface area contributed by atoms with Gasteiger partial charge in [0.05, 0.1) is 6.04 Å². The summed E-state index contributed by atoms with van der Waals surface area (Å²) in [6.45, 7) is 4.10. The predicted molar refractivity (Wildman–Crippen MR) is 138 cm³/mol. The van der Waals surface area contributed by atoms with Crippen molar-refractivity contribution in [1.82, 2.24) is 25.4 Å². The summed E-state index contributed by atoms with van der Waals surface area (Å²) in [5, 5.41) is 18.4. The van der Waals surface area contributed by atoms with E-state index in [4.69, 9.17) is 0 Å². The largest absolute Gasteiger partial charge is 0.356 e. The van der Waals surface area contributed by atoms with Gasteiger partial charge in [0.1, 0.15) is 11.6 Å². The molecule has 0 fully saturated rings. The molecule has 1 aromatic heterocycles. The minimum atomic E-state index is 0. The highest BCUT2D eigenvalue weighted by molar-refractivity contribution is 14.0. The first kappa shape index (κ1) is 23.5. The monoisotopic (exact) mass is 532 g/mol. The van der Waals surface area contributed by atoms with Crippen LogP contribution in [0.1, 0.15) is 55.9 Å². The van der Waals surface area contributed by atoms with Crippen molar-refractivity contribution in [3.63, 3.8) is 0 Å². The van der Waals surface area contributed by atoms with Gasteiger partial charge >= 0.3 is 0 Å². The average molecular weight is 532 g/mol.